The van der Waals surface area contributed by atoms with Gasteiger partial charge in [-0.2, -0.15) is 0 Å². The number of rotatable bonds is 4. The lowest BCUT2D eigenvalue weighted by Gasteiger charge is -2.24. The number of methoxy groups -OCH3 is 1. The second-order valence-corrected chi connectivity index (χ2v) is 7.06. The second-order valence-electron chi connectivity index (χ2n) is 7.06. The highest BCUT2D eigenvalue weighted by molar-refractivity contribution is 5.82. The van der Waals surface area contributed by atoms with Crippen LogP contribution in [0.15, 0.2) is 35.3 Å². The summed E-state index contributed by atoms with van der Waals surface area (Å²) < 4.78 is 4.92. The van der Waals surface area contributed by atoms with Gasteiger partial charge in [-0.25, -0.2) is 0 Å². The van der Waals surface area contributed by atoms with Gasteiger partial charge in [-0.1, -0.05) is 37.3 Å². The molecule has 0 spiro atoms. The van der Waals surface area contributed by atoms with E-state index in [2.05, 4.69) is 52.5 Å². The van der Waals surface area contributed by atoms with Crippen LogP contribution in [0.1, 0.15) is 25.3 Å². The van der Waals surface area contributed by atoms with Crippen LogP contribution >= 0.6 is 0 Å². The van der Waals surface area contributed by atoms with Gasteiger partial charge in [0.05, 0.1) is 13.0 Å². The van der Waals surface area contributed by atoms with Gasteiger partial charge in [0.2, 0.25) is 0 Å². The van der Waals surface area contributed by atoms with Crippen LogP contribution in [0.4, 0.5) is 0 Å². The van der Waals surface area contributed by atoms with Gasteiger partial charge in [0.25, 0.3) is 0 Å². The number of ether oxygens (including phenoxy) is 1. The van der Waals surface area contributed by atoms with Crippen LogP contribution in [0.2, 0.25) is 0 Å². The highest BCUT2D eigenvalue weighted by Gasteiger charge is 2.44. The van der Waals surface area contributed by atoms with Crippen molar-refractivity contribution in [2.24, 2.45) is 16.8 Å². The van der Waals surface area contributed by atoms with Crippen molar-refractivity contribution in [1.82, 2.24) is 10.2 Å². The summed E-state index contributed by atoms with van der Waals surface area (Å²) in [6, 6.07) is 10.7. The Balaban J connectivity index is 1.62. The Hall–Kier alpha value is -2.04. The quantitative estimate of drug-likeness (QED) is 0.522. The summed E-state index contributed by atoms with van der Waals surface area (Å²) in [6.07, 6.45) is 2.42. The molecule has 1 aromatic rings. The molecular weight excluding hydrogens is 302 g/mol. The van der Waals surface area contributed by atoms with Gasteiger partial charge in [-0.3, -0.25) is 9.79 Å². The molecule has 24 heavy (non-hydrogen) atoms. The molecule has 0 aromatic heterocycles. The Bertz CT molecular complexity index is 610. The lowest BCUT2D eigenvalue weighted by atomic mass is 9.96. The number of hydrogen-bond donors (Lipinski definition) is 1. The molecule has 130 valence electrons. The molecule has 1 N–H and O–H groups in total. The van der Waals surface area contributed by atoms with Crippen molar-refractivity contribution >= 4 is 11.9 Å². The highest BCUT2D eigenvalue weighted by Crippen LogP contribution is 2.47. The largest absolute Gasteiger partial charge is 0.469 e. The van der Waals surface area contributed by atoms with Gasteiger partial charge in [-0.05, 0) is 24.3 Å². The number of carbonyl (C=O) groups is 1. The Labute approximate surface area is 144 Å². The third-order valence-corrected chi connectivity index (χ3v) is 5.45. The lowest BCUT2D eigenvalue weighted by molar-refractivity contribution is -0.145. The van der Waals surface area contributed by atoms with Crippen molar-refractivity contribution in [2.75, 3.05) is 33.8 Å². The molecule has 2 atom stereocenters. The Morgan fingerprint density at radius 1 is 1.33 bits per heavy atom. The fraction of sp³-hybridized carbons (Fsp3) is 0.579. The van der Waals surface area contributed by atoms with E-state index >= 15 is 0 Å². The first kappa shape index (κ1) is 16.8. The average molecular weight is 329 g/mol. The van der Waals surface area contributed by atoms with Crippen LogP contribution in [0.25, 0.3) is 0 Å². The summed E-state index contributed by atoms with van der Waals surface area (Å²) >= 11 is 0. The van der Waals surface area contributed by atoms with Crippen LogP contribution in [0, 0.1) is 11.8 Å². The van der Waals surface area contributed by atoms with Gasteiger partial charge in [0.1, 0.15) is 0 Å². The molecule has 5 nitrogen and oxygen atoms in total. The number of benzene rings is 1. The number of likely N-dealkylation sites (tertiary alicyclic amines) is 1. The summed E-state index contributed by atoms with van der Waals surface area (Å²) in [4.78, 5) is 18.5. The van der Waals surface area contributed by atoms with E-state index < -0.39 is 0 Å². The molecule has 3 rings (SSSR count). The van der Waals surface area contributed by atoms with Gasteiger partial charge >= 0.3 is 5.97 Å². The fourth-order valence-corrected chi connectivity index (χ4v) is 3.69. The van der Waals surface area contributed by atoms with E-state index in [4.69, 9.17) is 4.74 Å². The minimum absolute atomic E-state index is 0.0717. The van der Waals surface area contributed by atoms with Crippen LogP contribution < -0.4 is 5.32 Å². The average Bonchev–Trinajstić information content (AvgIpc) is 3.31. The number of aliphatic imine (C=N–C) groups is 1. The summed E-state index contributed by atoms with van der Waals surface area (Å²) in [5.74, 6) is 0.969. The zero-order valence-corrected chi connectivity index (χ0v) is 14.8. The molecule has 2 aliphatic rings. The molecule has 0 radical (unpaired) electrons. The molecule has 1 saturated carbocycles. The van der Waals surface area contributed by atoms with E-state index in [9.17, 15) is 4.79 Å². The Kier molecular flexibility index (Phi) is 4.78. The SMILES string of the molecule is CN=C(NCC1(c2ccccc2)CC1)N1CC(C)C(C(=O)OC)C1. The van der Waals surface area contributed by atoms with Gasteiger partial charge in [0, 0.05) is 32.1 Å². The first-order valence-corrected chi connectivity index (χ1v) is 8.68. The standard InChI is InChI=1S/C19H27N3O2/c1-14-11-22(12-16(14)17(23)24-3)18(20-2)21-13-19(9-10-19)15-7-5-4-6-8-15/h4-8,14,16H,9-13H2,1-3H3,(H,20,21). The van der Waals surface area contributed by atoms with Crippen LogP contribution in [0.3, 0.4) is 0 Å². The molecule has 2 fully saturated rings. The minimum Gasteiger partial charge on any atom is -0.469 e. The maximum Gasteiger partial charge on any atom is 0.310 e. The Morgan fingerprint density at radius 2 is 2.04 bits per heavy atom. The summed E-state index contributed by atoms with van der Waals surface area (Å²) in [5.41, 5.74) is 1.64. The normalized spacial score (nSPS) is 25.5. The topological polar surface area (TPSA) is 53.9 Å². The number of guanidine groups is 1. The van der Waals surface area contributed by atoms with E-state index in [-0.39, 0.29) is 23.2 Å². The van der Waals surface area contributed by atoms with Crippen molar-refractivity contribution in [1.29, 1.82) is 0 Å². The van der Waals surface area contributed by atoms with Crippen molar-refractivity contribution in [3.05, 3.63) is 35.9 Å². The van der Waals surface area contributed by atoms with Crippen molar-refractivity contribution in [2.45, 2.75) is 25.2 Å². The number of nitrogens with zero attached hydrogens (tertiary/aromatic N) is 2. The van der Waals surface area contributed by atoms with E-state index in [1.807, 2.05) is 0 Å². The predicted molar refractivity (Wildman–Crippen MR) is 95.0 cm³/mol. The smallest absolute Gasteiger partial charge is 0.310 e. The maximum absolute atomic E-state index is 11.9. The van der Waals surface area contributed by atoms with Gasteiger partial charge < -0.3 is 15.0 Å². The number of hydrogen-bond acceptors (Lipinski definition) is 3. The molecule has 0 bridgehead atoms. The molecule has 0 amide bonds. The van der Waals surface area contributed by atoms with Gasteiger partial charge in [-0.15, -0.1) is 0 Å². The van der Waals surface area contributed by atoms with Crippen molar-refractivity contribution in [3.63, 3.8) is 0 Å². The molecule has 1 aliphatic heterocycles. The molecular formula is C19H27N3O2. The molecule has 1 saturated heterocycles. The first-order valence-electron chi connectivity index (χ1n) is 8.68. The monoisotopic (exact) mass is 329 g/mol. The number of carbonyl (C=O) groups excluding carboxylic acids is 1. The van der Waals surface area contributed by atoms with Crippen LogP contribution in [0.5, 0.6) is 0 Å². The highest BCUT2D eigenvalue weighted by atomic mass is 16.5. The van der Waals surface area contributed by atoms with Gasteiger partial charge in [0.15, 0.2) is 5.96 Å². The summed E-state index contributed by atoms with van der Waals surface area (Å²) in [6.45, 7) is 4.49. The van der Waals surface area contributed by atoms with E-state index in [1.165, 1.54) is 25.5 Å². The van der Waals surface area contributed by atoms with Crippen molar-refractivity contribution in [3.8, 4) is 0 Å². The molecule has 5 heteroatoms. The Morgan fingerprint density at radius 3 is 2.62 bits per heavy atom. The second kappa shape index (κ2) is 6.83. The molecule has 1 heterocycles. The summed E-state index contributed by atoms with van der Waals surface area (Å²) in [7, 11) is 3.27. The third-order valence-electron chi connectivity index (χ3n) is 5.45. The van der Waals surface area contributed by atoms with E-state index in [1.54, 1.807) is 7.05 Å². The van der Waals surface area contributed by atoms with E-state index in [0.717, 1.165) is 19.0 Å². The predicted octanol–water partition coefficient (Wildman–Crippen LogP) is 2.03. The molecule has 2 unspecified atom stereocenters. The zero-order chi connectivity index (χ0) is 17.2. The fourth-order valence-electron chi connectivity index (χ4n) is 3.69. The third kappa shape index (κ3) is 3.25. The molecule has 1 aromatic carbocycles. The summed E-state index contributed by atoms with van der Waals surface area (Å²) in [5, 5.41) is 3.53. The minimum atomic E-state index is -0.122. The van der Waals surface area contributed by atoms with E-state index in [0.29, 0.717) is 6.54 Å². The number of nitrogens with one attached hydrogen (secondary N) is 1. The number of esters is 1. The first-order chi connectivity index (χ1) is 11.6. The molecule has 1 aliphatic carbocycles. The maximum atomic E-state index is 11.9. The van der Waals surface area contributed by atoms with Crippen LogP contribution in [-0.4, -0.2) is 50.6 Å². The van der Waals surface area contributed by atoms with Crippen LogP contribution in [-0.2, 0) is 14.9 Å². The lowest BCUT2D eigenvalue weighted by Crippen LogP contribution is -2.43. The van der Waals surface area contributed by atoms with Crippen molar-refractivity contribution < 1.29 is 9.53 Å². The zero-order valence-electron chi connectivity index (χ0n) is 14.8.